The summed E-state index contributed by atoms with van der Waals surface area (Å²) in [4.78, 5) is 25.3. The molecule has 2 unspecified atom stereocenters. The topological polar surface area (TPSA) is 186 Å². The lowest BCUT2D eigenvalue weighted by Gasteiger charge is -2.40. The van der Waals surface area contributed by atoms with Gasteiger partial charge >= 0.3 is 11.9 Å². The van der Waals surface area contributed by atoms with Crippen LogP contribution in [0.1, 0.15) is 168 Å². The molecule has 0 amide bonds. The molecule has 1 fully saturated rings. The van der Waals surface area contributed by atoms with E-state index in [-0.39, 0.29) is 19.4 Å². The second-order valence-electron chi connectivity index (χ2n) is 14.7. The van der Waals surface area contributed by atoms with E-state index in [9.17, 15) is 37.9 Å². The molecule has 1 aliphatic heterocycles. The van der Waals surface area contributed by atoms with Crippen molar-refractivity contribution >= 4 is 22.1 Å². The van der Waals surface area contributed by atoms with Crippen LogP contribution in [0.15, 0.2) is 24.3 Å². The predicted octanol–water partition coefficient (Wildman–Crippen LogP) is 7.67. The first-order chi connectivity index (χ1) is 26.0. The fourth-order valence-electron chi connectivity index (χ4n) is 6.25. The number of hydrogen-bond acceptors (Lipinski definition) is 11. The summed E-state index contributed by atoms with van der Waals surface area (Å²) in [6, 6.07) is 0. The number of allylic oxidation sites excluding steroid dienone is 4. The molecule has 54 heavy (non-hydrogen) atoms. The number of ether oxygens (including phenoxy) is 4. The number of esters is 2. The summed E-state index contributed by atoms with van der Waals surface area (Å²) in [6.45, 7) is 3.70. The minimum Gasteiger partial charge on any atom is -0.462 e. The number of aliphatic hydroxyl groups is 3. The van der Waals surface area contributed by atoms with E-state index in [2.05, 4.69) is 38.2 Å². The van der Waals surface area contributed by atoms with Crippen molar-refractivity contribution < 1.29 is 56.8 Å². The third-order valence-corrected chi connectivity index (χ3v) is 10.3. The molecular formula is C41H74O12S. The molecule has 0 aromatic carbocycles. The van der Waals surface area contributed by atoms with Crippen LogP contribution in [0.5, 0.6) is 0 Å². The number of unbranched alkanes of at least 4 members (excludes halogenated alkanes) is 19. The molecule has 0 spiro atoms. The van der Waals surface area contributed by atoms with Crippen LogP contribution >= 0.6 is 0 Å². The molecule has 1 saturated heterocycles. The van der Waals surface area contributed by atoms with Crippen LogP contribution < -0.4 is 0 Å². The molecule has 6 atom stereocenters. The van der Waals surface area contributed by atoms with Crippen molar-refractivity contribution in [2.24, 2.45) is 0 Å². The van der Waals surface area contributed by atoms with Gasteiger partial charge in [-0.1, -0.05) is 141 Å². The second-order valence-corrected chi connectivity index (χ2v) is 16.2. The number of carbonyl (C=O) groups is 2. The fourth-order valence-corrected chi connectivity index (χ4v) is 6.95. The van der Waals surface area contributed by atoms with E-state index >= 15 is 0 Å². The van der Waals surface area contributed by atoms with Crippen molar-refractivity contribution in [2.75, 3.05) is 19.0 Å². The van der Waals surface area contributed by atoms with Gasteiger partial charge in [0.05, 0.1) is 6.61 Å². The van der Waals surface area contributed by atoms with Crippen LogP contribution in [0.2, 0.25) is 0 Å². The van der Waals surface area contributed by atoms with E-state index in [1.54, 1.807) is 0 Å². The lowest BCUT2D eigenvalue weighted by molar-refractivity contribution is -0.297. The van der Waals surface area contributed by atoms with Crippen LogP contribution in [0.25, 0.3) is 0 Å². The van der Waals surface area contributed by atoms with Crippen molar-refractivity contribution in [2.45, 2.75) is 205 Å². The third kappa shape index (κ3) is 26.9. The van der Waals surface area contributed by atoms with E-state index in [1.165, 1.54) is 70.6 Å². The van der Waals surface area contributed by atoms with Gasteiger partial charge in [-0.2, -0.15) is 8.42 Å². The van der Waals surface area contributed by atoms with Gasteiger partial charge in [-0.05, 0) is 38.5 Å². The Bertz CT molecular complexity index is 1110. The molecule has 0 aromatic rings. The van der Waals surface area contributed by atoms with Crippen LogP contribution in [-0.4, -0.2) is 96.0 Å². The van der Waals surface area contributed by atoms with Gasteiger partial charge in [-0.15, -0.1) is 0 Å². The third-order valence-electron chi connectivity index (χ3n) is 9.56. The molecule has 1 heterocycles. The summed E-state index contributed by atoms with van der Waals surface area (Å²) in [6.07, 6.45) is 23.7. The molecule has 13 heteroatoms. The summed E-state index contributed by atoms with van der Waals surface area (Å²) in [5.41, 5.74) is 0. The van der Waals surface area contributed by atoms with Gasteiger partial charge in [0.1, 0.15) is 36.8 Å². The highest BCUT2D eigenvalue weighted by atomic mass is 32.2. The lowest BCUT2D eigenvalue weighted by Crippen LogP contribution is -2.60. The number of aliphatic hydroxyl groups excluding tert-OH is 3. The quantitative estimate of drug-likeness (QED) is 0.0216. The highest BCUT2D eigenvalue weighted by Crippen LogP contribution is 2.24. The summed E-state index contributed by atoms with van der Waals surface area (Å²) < 4.78 is 53.9. The Kier molecular flexibility index (Phi) is 29.9. The zero-order valence-electron chi connectivity index (χ0n) is 33.3. The molecule has 0 radical (unpaired) electrons. The SMILES string of the molecule is CCCCCC/C=C/C=C/CCCCCCCC(=O)O[C@H](COC(=O)CCCCCCCCCCCCC)CO[C@H]1O[C@H](CS(=O)(=O)O)[C@@H](O)C(O)C1O. The maximum absolute atomic E-state index is 12.8. The highest BCUT2D eigenvalue weighted by Gasteiger charge is 2.46. The number of carbonyl (C=O) groups excluding carboxylic acids is 2. The molecule has 0 bridgehead atoms. The minimum atomic E-state index is -4.60. The Morgan fingerprint density at radius 2 is 1.09 bits per heavy atom. The van der Waals surface area contributed by atoms with Gasteiger partial charge in [-0.25, -0.2) is 0 Å². The summed E-state index contributed by atoms with van der Waals surface area (Å²) >= 11 is 0. The van der Waals surface area contributed by atoms with E-state index in [1.807, 2.05) is 0 Å². The Morgan fingerprint density at radius 3 is 1.61 bits per heavy atom. The van der Waals surface area contributed by atoms with Crippen molar-refractivity contribution in [3.8, 4) is 0 Å². The average molecular weight is 791 g/mol. The molecule has 316 valence electrons. The smallest absolute Gasteiger partial charge is 0.306 e. The van der Waals surface area contributed by atoms with Gasteiger partial charge in [0.25, 0.3) is 10.1 Å². The van der Waals surface area contributed by atoms with Gasteiger partial charge in [0.15, 0.2) is 12.4 Å². The maximum Gasteiger partial charge on any atom is 0.306 e. The molecule has 1 aliphatic rings. The largest absolute Gasteiger partial charge is 0.462 e. The van der Waals surface area contributed by atoms with Crippen LogP contribution in [0, 0.1) is 0 Å². The van der Waals surface area contributed by atoms with Gasteiger partial charge in [0, 0.05) is 12.8 Å². The Balaban J connectivity index is 2.50. The first-order valence-corrected chi connectivity index (χ1v) is 22.5. The van der Waals surface area contributed by atoms with Crippen LogP contribution in [-0.2, 0) is 38.7 Å². The maximum atomic E-state index is 12.8. The zero-order chi connectivity index (χ0) is 39.9. The second kappa shape index (κ2) is 32.2. The number of hydrogen-bond donors (Lipinski definition) is 4. The zero-order valence-corrected chi connectivity index (χ0v) is 34.1. The summed E-state index contributed by atoms with van der Waals surface area (Å²) in [7, 11) is -4.60. The van der Waals surface area contributed by atoms with E-state index < -0.39 is 71.2 Å². The first-order valence-electron chi connectivity index (χ1n) is 20.9. The normalized spacial score (nSPS) is 21.2. The number of rotatable bonds is 34. The predicted molar refractivity (Wildman–Crippen MR) is 210 cm³/mol. The lowest BCUT2D eigenvalue weighted by atomic mass is 10.00. The molecule has 0 aromatic heterocycles. The van der Waals surface area contributed by atoms with Gasteiger partial charge in [-0.3, -0.25) is 14.1 Å². The van der Waals surface area contributed by atoms with E-state index in [0.29, 0.717) is 12.8 Å². The van der Waals surface area contributed by atoms with Crippen molar-refractivity contribution in [1.82, 2.24) is 0 Å². The molecule has 0 aliphatic carbocycles. The monoisotopic (exact) mass is 790 g/mol. The summed E-state index contributed by atoms with van der Waals surface area (Å²) in [5, 5.41) is 30.8. The molecule has 0 saturated carbocycles. The Labute approximate surface area is 326 Å². The highest BCUT2D eigenvalue weighted by molar-refractivity contribution is 7.85. The van der Waals surface area contributed by atoms with Crippen molar-refractivity contribution in [3.05, 3.63) is 24.3 Å². The van der Waals surface area contributed by atoms with Crippen LogP contribution in [0.3, 0.4) is 0 Å². The minimum absolute atomic E-state index is 0.149. The van der Waals surface area contributed by atoms with Gasteiger partial charge in [0.2, 0.25) is 0 Å². The van der Waals surface area contributed by atoms with E-state index in [4.69, 9.17) is 18.9 Å². The van der Waals surface area contributed by atoms with Crippen LogP contribution in [0.4, 0.5) is 0 Å². The Hall–Kier alpha value is -1.87. The van der Waals surface area contributed by atoms with E-state index in [0.717, 1.165) is 57.8 Å². The molecule has 12 nitrogen and oxygen atoms in total. The first kappa shape index (κ1) is 50.1. The molecular weight excluding hydrogens is 717 g/mol. The van der Waals surface area contributed by atoms with Crippen molar-refractivity contribution in [1.29, 1.82) is 0 Å². The fraction of sp³-hybridized carbons (Fsp3) is 0.854. The molecule has 4 N–H and O–H groups in total. The van der Waals surface area contributed by atoms with Gasteiger partial charge < -0.3 is 34.3 Å². The molecule has 1 rings (SSSR count). The Morgan fingerprint density at radius 1 is 0.630 bits per heavy atom. The average Bonchev–Trinajstić information content (AvgIpc) is 3.13. The van der Waals surface area contributed by atoms with Crippen molar-refractivity contribution in [3.63, 3.8) is 0 Å². The summed E-state index contributed by atoms with van der Waals surface area (Å²) in [5.74, 6) is -2.00. The standard InChI is InChI=1S/C41H74O12S/c1-3-5-7-9-11-13-15-16-17-18-20-22-24-26-28-30-37(43)52-34(31-50-36(42)29-27-25-23-21-19-14-12-10-8-6-4-2)32-51-41-40(46)39(45)38(44)35(53-41)33-54(47,48)49/h13,15-17,34-35,38-41,44-46H,3-12,14,18-33H2,1-2H3,(H,47,48,49)/b15-13+,17-16+/t34-,35-,38-,39?,40?,41+/m1/s1.